The fraction of sp³-hybridized carbons (Fsp3) is 0.938. The summed E-state index contributed by atoms with van der Waals surface area (Å²) in [6, 6.07) is 0. The Bertz CT molecular complexity index is 356. The summed E-state index contributed by atoms with van der Waals surface area (Å²) in [6.45, 7) is 10.6. The molecule has 2 fully saturated rings. The molecule has 1 unspecified atom stereocenters. The molecule has 128 valence electrons. The monoisotopic (exact) mass is 312 g/mol. The number of likely N-dealkylation sites (N-methyl/N-ethyl adjacent to an activating group) is 1. The highest BCUT2D eigenvalue weighted by molar-refractivity contribution is 5.80. The molecule has 0 aromatic carbocycles. The number of hydrogen-bond donors (Lipinski definition) is 1. The first-order chi connectivity index (χ1) is 10.7. The first kappa shape index (κ1) is 17.5. The molecule has 0 bridgehead atoms. The van der Waals surface area contributed by atoms with Crippen LogP contribution >= 0.6 is 0 Å². The van der Waals surface area contributed by atoms with Gasteiger partial charge in [0.1, 0.15) is 0 Å². The summed E-state index contributed by atoms with van der Waals surface area (Å²) in [7, 11) is 3.85. The zero-order valence-electron chi connectivity index (χ0n) is 14.4. The summed E-state index contributed by atoms with van der Waals surface area (Å²) >= 11 is 0. The molecule has 6 heteroatoms. The van der Waals surface area contributed by atoms with Gasteiger partial charge in [0.05, 0.1) is 19.8 Å². The number of likely N-dealkylation sites (tertiary alicyclic amines) is 1. The Kier molecular flexibility index (Phi) is 6.92. The Morgan fingerprint density at radius 3 is 2.95 bits per heavy atom. The molecule has 1 atom stereocenters. The normalized spacial score (nSPS) is 25.6. The lowest BCUT2D eigenvalue weighted by molar-refractivity contribution is 0.156. The Morgan fingerprint density at radius 2 is 2.27 bits per heavy atom. The average molecular weight is 312 g/mol. The Morgan fingerprint density at radius 1 is 1.41 bits per heavy atom. The lowest BCUT2D eigenvalue weighted by Crippen LogP contribution is -2.42. The van der Waals surface area contributed by atoms with E-state index >= 15 is 0 Å². The minimum Gasteiger partial charge on any atom is -0.383 e. The molecule has 22 heavy (non-hydrogen) atoms. The summed E-state index contributed by atoms with van der Waals surface area (Å²) in [5.74, 6) is 1.06. The molecule has 2 heterocycles. The molecular formula is C16H32N4O2. The van der Waals surface area contributed by atoms with E-state index in [-0.39, 0.29) is 0 Å². The van der Waals surface area contributed by atoms with E-state index in [9.17, 15) is 0 Å². The van der Waals surface area contributed by atoms with Gasteiger partial charge in [-0.15, -0.1) is 0 Å². The van der Waals surface area contributed by atoms with Crippen LogP contribution in [0.1, 0.15) is 19.8 Å². The molecule has 0 aromatic rings. The van der Waals surface area contributed by atoms with Crippen molar-refractivity contribution < 1.29 is 9.47 Å². The molecule has 0 radical (unpaired) electrons. The van der Waals surface area contributed by atoms with Crippen molar-refractivity contribution in [2.24, 2.45) is 10.4 Å². The van der Waals surface area contributed by atoms with Gasteiger partial charge in [-0.05, 0) is 26.8 Å². The van der Waals surface area contributed by atoms with Crippen LogP contribution in [0.15, 0.2) is 4.99 Å². The summed E-state index contributed by atoms with van der Waals surface area (Å²) in [5, 5.41) is 3.44. The third-order valence-corrected chi connectivity index (χ3v) is 4.68. The van der Waals surface area contributed by atoms with Crippen LogP contribution in [0, 0.1) is 5.41 Å². The fourth-order valence-corrected chi connectivity index (χ4v) is 3.20. The molecule has 2 aliphatic rings. The predicted octanol–water partition coefficient (Wildman–Crippen LogP) is 0.643. The molecule has 6 nitrogen and oxygen atoms in total. The highest BCUT2D eigenvalue weighted by Gasteiger charge is 2.42. The van der Waals surface area contributed by atoms with Crippen LogP contribution in [0.5, 0.6) is 0 Å². The molecule has 1 spiro atoms. The van der Waals surface area contributed by atoms with Crippen molar-refractivity contribution in [1.82, 2.24) is 15.1 Å². The number of hydrogen-bond acceptors (Lipinski definition) is 4. The van der Waals surface area contributed by atoms with Gasteiger partial charge in [0.25, 0.3) is 0 Å². The second kappa shape index (κ2) is 8.70. The molecule has 2 rings (SSSR count). The maximum Gasteiger partial charge on any atom is 0.193 e. The molecule has 1 N–H and O–H groups in total. The Balaban J connectivity index is 1.82. The van der Waals surface area contributed by atoms with Crippen molar-refractivity contribution in [3.05, 3.63) is 0 Å². The van der Waals surface area contributed by atoms with E-state index in [0.29, 0.717) is 5.41 Å². The van der Waals surface area contributed by atoms with Gasteiger partial charge < -0.3 is 24.6 Å². The van der Waals surface area contributed by atoms with Crippen LogP contribution in [0.25, 0.3) is 0 Å². The smallest absolute Gasteiger partial charge is 0.193 e. The number of guanidine groups is 1. The van der Waals surface area contributed by atoms with E-state index in [1.807, 2.05) is 0 Å². The van der Waals surface area contributed by atoms with Crippen molar-refractivity contribution in [3.63, 3.8) is 0 Å². The van der Waals surface area contributed by atoms with Gasteiger partial charge in [-0.25, -0.2) is 0 Å². The van der Waals surface area contributed by atoms with Gasteiger partial charge >= 0.3 is 0 Å². The summed E-state index contributed by atoms with van der Waals surface area (Å²) in [6.07, 6.45) is 2.42. The van der Waals surface area contributed by atoms with Crippen LogP contribution in [0.2, 0.25) is 0 Å². The van der Waals surface area contributed by atoms with Crippen LogP contribution in [-0.4, -0.2) is 89.0 Å². The lowest BCUT2D eigenvalue weighted by atomic mass is 9.87. The summed E-state index contributed by atoms with van der Waals surface area (Å²) in [5.41, 5.74) is 0.380. The predicted molar refractivity (Wildman–Crippen MR) is 89.4 cm³/mol. The maximum absolute atomic E-state index is 5.61. The molecule has 2 aliphatic heterocycles. The minimum absolute atomic E-state index is 0.380. The summed E-state index contributed by atoms with van der Waals surface area (Å²) in [4.78, 5) is 9.47. The zero-order valence-corrected chi connectivity index (χ0v) is 14.4. The number of ether oxygens (including phenoxy) is 2. The lowest BCUT2D eigenvalue weighted by Gasteiger charge is -2.25. The van der Waals surface area contributed by atoms with E-state index in [1.165, 1.54) is 12.8 Å². The van der Waals surface area contributed by atoms with Gasteiger partial charge in [-0.1, -0.05) is 0 Å². The van der Waals surface area contributed by atoms with E-state index in [1.54, 1.807) is 7.11 Å². The van der Waals surface area contributed by atoms with E-state index in [2.05, 4.69) is 29.1 Å². The van der Waals surface area contributed by atoms with Gasteiger partial charge in [-0.3, -0.25) is 4.99 Å². The Labute approximate surface area is 134 Å². The quantitative estimate of drug-likeness (QED) is 0.552. The Hall–Kier alpha value is -0.850. The minimum atomic E-state index is 0.380. The standard InChI is InChI=1S/C16H32N4O2/c1-4-17-15(18-7-9-19(2)10-12-21-3)20-8-5-16(13-20)6-11-22-14-16/h4-14H2,1-3H3,(H,17,18). The highest BCUT2D eigenvalue weighted by atomic mass is 16.5. The number of aliphatic imine (C=N–C) groups is 1. The number of rotatable bonds is 7. The number of methoxy groups -OCH3 is 1. The van der Waals surface area contributed by atoms with E-state index < -0.39 is 0 Å². The second-order valence-electron chi connectivity index (χ2n) is 6.51. The topological polar surface area (TPSA) is 49.3 Å². The van der Waals surface area contributed by atoms with Crippen molar-refractivity contribution in [1.29, 1.82) is 0 Å². The number of nitrogens with one attached hydrogen (secondary N) is 1. The van der Waals surface area contributed by atoms with E-state index in [4.69, 9.17) is 14.5 Å². The summed E-state index contributed by atoms with van der Waals surface area (Å²) < 4.78 is 10.7. The van der Waals surface area contributed by atoms with Crippen molar-refractivity contribution >= 4 is 5.96 Å². The van der Waals surface area contributed by atoms with Crippen LogP contribution in [0.3, 0.4) is 0 Å². The average Bonchev–Trinajstić information content (AvgIpc) is 3.15. The molecule has 0 amide bonds. The van der Waals surface area contributed by atoms with Gasteiger partial charge in [0, 0.05) is 51.9 Å². The van der Waals surface area contributed by atoms with Crippen molar-refractivity contribution in [3.8, 4) is 0 Å². The van der Waals surface area contributed by atoms with Gasteiger partial charge in [0.2, 0.25) is 0 Å². The largest absolute Gasteiger partial charge is 0.383 e. The van der Waals surface area contributed by atoms with Crippen LogP contribution < -0.4 is 5.32 Å². The third-order valence-electron chi connectivity index (χ3n) is 4.68. The highest BCUT2D eigenvalue weighted by Crippen LogP contribution is 2.38. The second-order valence-corrected chi connectivity index (χ2v) is 6.51. The SMILES string of the molecule is CCNC(=NCCN(C)CCOC)N1CCC2(CCOC2)C1. The van der Waals surface area contributed by atoms with Gasteiger partial charge in [-0.2, -0.15) is 0 Å². The number of nitrogens with zero attached hydrogens (tertiary/aromatic N) is 3. The first-order valence-corrected chi connectivity index (χ1v) is 8.47. The zero-order chi connectivity index (χ0) is 15.8. The fourth-order valence-electron chi connectivity index (χ4n) is 3.20. The first-order valence-electron chi connectivity index (χ1n) is 8.47. The molecule has 2 saturated heterocycles. The maximum atomic E-state index is 5.61. The van der Waals surface area contributed by atoms with Gasteiger partial charge in [0.15, 0.2) is 5.96 Å². The van der Waals surface area contributed by atoms with Crippen LogP contribution in [-0.2, 0) is 9.47 Å². The van der Waals surface area contributed by atoms with Crippen molar-refractivity contribution in [2.75, 3.05) is 73.2 Å². The third kappa shape index (κ3) is 4.83. The molecular weight excluding hydrogens is 280 g/mol. The van der Waals surface area contributed by atoms with Crippen molar-refractivity contribution in [2.45, 2.75) is 19.8 Å². The molecule has 0 saturated carbocycles. The van der Waals surface area contributed by atoms with E-state index in [0.717, 1.165) is 65.0 Å². The molecule has 0 aliphatic carbocycles. The van der Waals surface area contributed by atoms with Crippen LogP contribution in [0.4, 0.5) is 0 Å². The molecule has 0 aromatic heterocycles.